The Kier molecular flexibility index (Phi) is 22.5. The van der Waals surface area contributed by atoms with Crippen molar-refractivity contribution in [2.75, 3.05) is 6.66 Å². The van der Waals surface area contributed by atoms with Crippen LogP contribution >= 0.6 is 7.92 Å². The minimum absolute atomic E-state index is 0.218. The average Bonchev–Trinajstić information content (AvgIpc) is 2.64. The average molecular weight is 337 g/mol. The summed E-state index contributed by atoms with van der Waals surface area (Å²) in [6, 6.07) is 8.75. The zero-order valence-corrected chi connectivity index (χ0v) is 18.5. The Bertz CT molecular complexity index is 427. The van der Waals surface area contributed by atoms with E-state index in [1.165, 1.54) is 21.8 Å². The van der Waals surface area contributed by atoms with Gasteiger partial charge >= 0.3 is 0 Å². The van der Waals surface area contributed by atoms with Gasteiger partial charge in [-0.2, -0.15) is 0 Å². The number of hydrogen-bond donors (Lipinski definition) is 0. The number of rotatable bonds is 4. The number of allylic oxidation sites excluding steroid dienone is 4. The molecule has 1 aromatic rings. The summed E-state index contributed by atoms with van der Waals surface area (Å²) < 4.78 is 0. The van der Waals surface area contributed by atoms with E-state index in [-0.39, 0.29) is 7.92 Å². The predicted octanol–water partition coefficient (Wildman–Crippen LogP) is 8.07. The molecule has 1 aromatic carbocycles. The van der Waals surface area contributed by atoms with Crippen LogP contribution in [-0.4, -0.2) is 6.66 Å². The molecule has 1 heteroatoms. The van der Waals surface area contributed by atoms with E-state index >= 15 is 0 Å². The smallest absolute Gasteiger partial charge is 0.0169 e. The summed E-state index contributed by atoms with van der Waals surface area (Å²) in [5.41, 5.74) is 2.92. The van der Waals surface area contributed by atoms with E-state index in [2.05, 4.69) is 70.8 Å². The second kappa shape index (κ2) is 19.2. The first kappa shape index (κ1) is 27.0. The van der Waals surface area contributed by atoms with Crippen LogP contribution in [0.15, 0.2) is 47.3 Å². The lowest BCUT2D eigenvalue weighted by Gasteiger charge is -2.19. The maximum atomic E-state index is 2.37. The molecule has 0 spiro atoms. The lowest BCUT2D eigenvalue weighted by atomic mass is 10.2. The lowest BCUT2D eigenvalue weighted by molar-refractivity contribution is 1.09. The number of aryl methyl sites for hydroxylation is 1. The maximum absolute atomic E-state index is 2.37. The van der Waals surface area contributed by atoms with Crippen LogP contribution in [0.2, 0.25) is 0 Å². The Morgan fingerprint density at radius 2 is 1.48 bits per heavy atom. The Labute approximate surface area is 148 Å². The molecule has 1 unspecified atom stereocenters. The Morgan fingerprint density at radius 3 is 1.87 bits per heavy atom. The van der Waals surface area contributed by atoms with E-state index < -0.39 is 0 Å². The van der Waals surface area contributed by atoms with Gasteiger partial charge in [0.15, 0.2) is 0 Å². The zero-order valence-electron chi connectivity index (χ0n) is 17.6. The maximum Gasteiger partial charge on any atom is -0.0169 e. The van der Waals surface area contributed by atoms with Crippen LogP contribution in [0, 0.1) is 6.92 Å². The van der Waals surface area contributed by atoms with E-state index in [9.17, 15) is 0 Å². The molecule has 134 valence electrons. The van der Waals surface area contributed by atoms with Gasteiger partial charge in [-0.25, -0.2) is 0 Å². The van der Waals surface area contributed by atoms with Gasteiger partial charge in [0.05, 0.1) is 0 Å². The predicted molar refractivity (Wildman–Crippen MR) is 116 cm³/mol. The zero-order chi connectivity index (χ0) is 18.8. The summed E-state index contributed by atoms with van der Waals surface area (Å²) in [6.07, 6.45) is 5.58. The van der Waals surface area contributed by atoms with Crippen LogP contribution < -0.4 is 5.30 Å². The van der Waals surface area contributed by atoms with E-state index in [1.54, 1.807) is 0 Å². The third-order valence-electron chi connectivity index (χ3n) is 3.13. The monoisotopic (exact) mass is 336 g/mol. The topological polar surface area (TPSA) is 0 Å². The molecular weight excluding hydrogens is 295 g/mol. The molecule has 23 heavy (non-hydrogen) atoms. The van der Waals surface area contributed by atoms with Gasteiger partial charge in [-0.05, 0) is 58.0 Å². The number of hydrogen-bond acceptors (Lipinski definition) is 0. The van der Waals surface area contributed by atoms with Gasteiger partial charge in [-0.15, -0.1) is 0 Å². The second-order valence-electron chi connectivity index (χ2n) is 4.36. The van der Waals surface area contributed by atoms with Gasteiger partial charge in [0.1, 0.15) is 0 Å². The molecule has 0 nitrogen and oxygen atoms in total. The highest BCUT2D eigenvalue weighted by atomic mass is 31.1. The summed E-state index contributed by atoms with van der Waals surface area (Å²) in [5.74, 6) is 0. The molecule has 0 fully saturated rings. The van der Waals surface area contributed by atoms with Crippen molar-refractivity contribution in [1.29, 1.82) is 0 Å². The molecule has 0 saturated carbocycles. The van der Waals surface area contributed by atoms with Crippen molar-refractivity contribution >= 4 is 13.2 Å². The molecule has 0 N–H and O–H groups in total. The van der Waals surface area contributed by atoms with Gasteiger partial charge in [-0.1, -0.05) is 90.5 Å². The van der Waals surface area contributed by atoms with Crippen molar-refractivity contribution in [2.24, 2.45) is 0 Å². The molecule has 1 atom stereocenters. The van der Waals surface area contributed by atoms with Gasteiger partial charge < -0.3 is 0 Å². The third kappa shape index (κ3) is 10.5. The highest BCUT2D eigenvalue weighted by Crippen LogP contribution is 2.43. The van der Waals surface area contributed by atoms with Crippen LogP contribution in [0.25, 0.3) is 0 Å². The SMILES string of the molecule is C/C=C\C(=C(\C)CC)P(C)c1ccccc1C.CC.CC.CC. The van der Waals surface area contributed by atoms with Crippen molar-refractivity contribution < 1.29 is 0 Å². The minimum Gasteiger partial charge on any atom is -0.0870 e. The molecule has 0 amide bonds. The molecule has 0 aromatic heterocycles. The van der Waals surface area contributed by atoms with Crippen LogP contribution in [0.1, 0.15) is 74.3 Å². The minimum atomic E-state index is -0.218. The fourth-order valence-corrected chi connectivity index (χ4v) is 4.23. The normalized spacial score (nSPS) is 11.8. The standard InChI is InChI=1S/C16H23P.3C2H6/c1-6-10-15(13(3)7-2)17(5)16-12-9-8-11-14(16)4;3*1-2/h6,8-12H,7H2,1-5H3;3*1-2H3/b10-6-,15-13+;;;. The number of benzene rings is 1. The highest BCUT2D eigenvalue weighted by molar-refractivity contribution is 7.69. The van der Waals surface area contributed by atoms with Gasteiger partial charge in [0, 0.05) is 0 Å². The second-order valence-corrected chi connectivity index (χ2v) is 6.45. The first-order valence-electron chi connectivity index (χ1n) is 9.23. The quantitative estimate of drug-likeness (QED) is 0.385. The molecule has 0 radical (unpaired) electrons. The first-order valence-corrected chi connectivity index (χ1v) is 11.0. The summed E-state index contributed by atoms with van der Waals surface area (Å²) in [5, 5.41) is 3.03. The van der Waals surface area contributed by atoms with Crippen molar-refractivity contribution in [1.82, 2.24) is 0 Å². The van der Waals surface area contributed by atoms with Gasteiger partial charge in [0.25, 0.3) is 0 Å². The van der Waals surface area contributed by atoms with Crippen molar-refractivity contribution in [3.8, 4) is 0 Å². The molecule has 0 aliphatic rings. The molecule has 1 rings (SSSR count). The fourth-order valence-electron chi connectivity index (χ4n) is 1.95. The van der Waals surface area contributed by atoms with E-state index in [0.717, 1.165) is 6.42 Å². The molecule has 0 heterocycles. The van der Waals surface area contributed by atoms with E-state index in [1.807, 2.05) is 41.5 Å². The van der Waals surface area contributed by atoms with Crippen molar-refractivity contribution in [2.45, 2.75) is 75.7 Å². The third-order valence-corrected chi connectivity index (χ3v) is 5.61. The first-order chi connectivity index (χ1) is 11.1. The Morgan fingerprint density at radius 1 is 1.00 bits per heavy atom. The van der Waals surface area contributed by atoms with Gasteiger partial charge in [-0.3, -0.25) is 0 Å². The molecule has 0 saturated heterocycles. The van der Waals surface area contributed by atoms with Crippen LogP contribution in [0.4, 0.5) is 0 Å². The summed E-state index contributed by atoms with van der Waals surface area (Å²) in [4.78, 5) is 0. The summed E-state index contributed by atoms with van der Waals surface area (Å²) >= 11 is 0. The lowest BCUT2D eigenvalue weighted by Crippen LogP contribution is -2.05. The molecule has 0 aliphatic heterocycles. The largest absolute Gasteiger partial charge is 0.0870 e. The van der Waals surface area contributed by atoms with Crippen molar-refractivity contribution in [3.05, 3.63) is 52.9 Å². The molecule has 0 aliphatic carbocycles. The highest BCUT2D eigenvalue weighted by Gasteiger charge is 2.12. The van der Waals surface area contributed by atoms with Crippen LogP contribution in [0.3, 0.4) is 0 Å². The van der Waals surface area contributed by atoms with E-state index in [4.69, 9.17) is 0 Å². The van der Waals surface area contributed by atoms with Crippen molar-refractivity contribution in [3.63, 3.8) is 0 Å². The fraction of sp³-hybridized carbons (Fsp3) is 0.545. The molecular formula is C22H41P. The molecule has 0 bridgehead atoms. The van der Waals surface area contributed by atoms with Crippen LogP contribution in [-0.2, 0) is 0 Å². The summed E-state index contributed by atoms with van der Waals surface area (Å²) in [7, 11) is -0.218. The van der Waals surface area contributed by atoms with Gasteiger partial charge in [0.2, 0.25) is 0 Å². The van der Waals surface area contributed by atoms with E-state index in [0.29, 0.717) is 0 Å². The Hall–Kier alpha value is -0.870. The Balaban J connectivity index is -0.000000595. The van der Waals surface area contributed by atoms with Crippen LogP contribution in [0.5, 0.6) is 0 Å². The summed E-state index contributed by atoms with van der Waals surface area (Å²) in [6.45, 7) is 23.2.